The van der Waals surface area contributed by atoms with Crippen molar-refractivity contribution in [2.75, 3.05) is 24.9 Å². The lowest BCUT2D eigenvalue weighted by Crippen LogP contribution is -2.36. The van der Waals surface area contributed by atoms with Crippen molar-refractivity contribution in [1.82, 2.24) is 0 Å². The molecule has 0 unspecified atom stereocenters. The molecule has 2 aromatic carbocycles. The molecule has 0 bridgehead atoms. The first-order valence-corrected chi connectivity index (χ1v) is 8.87. The van der Waals surface area contributed by atoms with Gasteiger partial charge in [-0.25, -0.2) is 0 Å². The number of thioether (sulfide) groups is 1. The van der Waals surface area contributed by atoms with Crippen molar-refractivity contribution in [1.29, 1.82) is 0 Å². The minimum absolute atomic E-state index is 0.132. The van der Waals surface area contributed by atoms with Crippen LogP contribution in [0, 0.1) is 0 Å². The van der Waals surface area contributed by atoms with Gasteiger partial charge >= 0.3 is 0 Å². The van der Waals surface area contributed by atoms with Crippen molar-refractivity contribution in [3.8, 4) is 11.5 Å². The second kappa shape index (κ2) is 7.18. The molecular weight excluding hydrogens is 322 g/mol. The zero-order valence-electron chi connectivity index (χ0n) is 14.1. The highest BCUT2D eigenvalue weighted by Gasteiger charge is 2.30. The van der Waals surface area contributed by atoms with Crippen LogP contribution in [-0.4, -0.2) is 31.9 Å². The van der Waals surface area contributed by atoms with E-state index < -0.39 is 0 Å². The van der Waals surface area contributed by atoms with Crippen LogP contribution in [0.3, 0.4) is 0 Å². The number of nitrogens with zero attached hydrogens (tertiary/aromatic N) is 1. The molecule has 5 heteroatoms. The van der Waals surface area contributed by atoms with E-state index in [-0.39, 0.29) is 11.9 Å². The van der Waals surface area contributed by atoms with Crippen LogP contribution in [0.1, 0.15) is 12.5 Å². The van der Waals surface area contributed by atoms with Gasteiger partial charge in [0.2, 0.25) is 5.91 Å². The van der Waals surface area contributed by atoms with Crippen molar-refractivity contribution in [2.24, 2.45) is 0 Å². The van der Waals surface area contributed by atoms with Crippen molar-refractivity contribution >= 4 is 23.4 Å². The lowest BCUT2D eigenvalue weighted by Gasteiger charge is -2.22. The fourth-order valence-electron chi connectivity index (χ4n) is 3.07. The van der Waals surface area contributed by atoms with Gasteiger partial charge in [0.25, 0.3) is 0 Å². The summed E-state index contributed by atoms with van der Waals surface area (Å²) in [6, 6.07) is 14.0. The van der Waals surface area contributed by atoms with E-state index in [1.165, 1.54) is 17.3 Å². The highest BCUT2D eigenvalue weighted by atomic mass is 32.2. The van der Waals surface area contributed by atoms with Gasteiger partial charge in [-0.15, -0.1) is 11.8 Å². The number of hydrogen-bond acceptors (Lipinski definition) is 4. The Morgan fingerprint density at radius 3 is 2.67 bits per heavy atom. The van der Waals surface area contributed by atoms with Crippen LogP contribution >= 0.6 is 11.8 Å². The maximum Gasteiger partial charge on any atom is 0.237 e. The fraction of sp³-hybridized carbons (Fsp3) is 0.316. The number of fused-ring (bicyclic) bond motifs is 1. The average molecular weight is 343 g/mol. The lowest BCUT2D eigenvalue weighted by molar-refractivity contribution is -0.116. The number of carbonyl (C=O) groups is 1. The molecule has 0 saturated heterocycles. The third-order valence-corrected chi connectivity index (χ3v) is 5.17. The first-order valence-electron chi connectivity index (χ1n) is 7.89. The van der Waals surface area contributed by atoms with E-state index in [2.05, 4.69) is 13.0 Å². The van der Waals surface area contributed by atoms with E-state index in [0.717, 1.165) is 17.0 Å². The zero-order chi connectivity index (χ0) is 17.1. The van der Waals surface area contributed by atoms with Gasteiger partial charge in [0.05, 0.1) is 20.0 Å². The van der Waals surface area contributed by atoms with Crippen LogP contribution in [-0.2, 0) is 11.2 Å². The molecule has 1 atom stereocenters. The highest BCUT2D eigenvalue weighted by molar-refractivity contribution is 8.00. The summed E-state index contributed by atoms with van der Waals surface area (Å²) in [7, 11) is 3.22. The minimum atomic E-state index is 0.132. The number of methoxy groups -OCH3 is 2. The number of anilines is 1. The topological polar surface area (TPSA) is 38.8 Å². The Hall–Kier alpha value is -2.14. The number of benzene rings is 2. The van der Waals surface area contributed by atoms with E-state index >= 15 is 0 Å². The Morgan fingerprint density at radius 1 is 1.17 bits per heavy atom. The molecule has 3 rings (SSSR count). The van der Waals surface area contributed by atoms with Gasteiger partial charge in [-0.1, -0.05) is 18.2 Å². The Kier molecular flexibility index (Phi) is 5.00. The highest BCUT2D eigenvalue weighted by Crippen LogP contribution is 2.34. The third kappa shape index (κ3) is 3.22. The SMILES string of the molecule is COc1ccc(SCC(=O)N2c3ccccc3C[C@@H]2C)cc1OC. The molecular formula is C19H21NO3S. The Labute approximate surface area is 146 Å². The van der Waals surface area contributed by atoms with Gasteiger partial charge in [0, 0.05) is 16.6 Å². The molecule has 2 aromatic rings. The number of rotatable bonds is 5. The molecule has 24 heavy (non-hydrogen) atoms. The minimum Gasteiger partial charge on any atom is -0.493 e. The lowest BCUT2D eigenvalue weighted by atomic mass is 10.1. The number of ether oxygens (including phenoxy) is 2. The largest absolute Gasteiger partial charge is 0.493 e. The third-order valence-electron chi connectivity index (χ3n) is 4.19. The molecule has 0 aliphatic carbocycles. The van der Waals surface area contributed by atoms with Crippen LogP contribution in [0.15, 0.2) is 47.4 Å². The maximum atomic E-state index is 12.7. The van der Waals surface area contributed by atoms with Crippen molar-refractivity contribution in [3.05, 3.63) is 48.0 Å². The van der Waals surface area contributed by atoms with Gasteiger partial charge in [0.1, 0.15) is 0 Å². The molecule has 1 aliphatic heterocycles. The van der Waals surface area contributed by atoms with E-state index in [0.29, 0.717) is 17.3 Å². The summed E-state index contributed by atoms with van der Waals surface area (Å²) in [6.07, 6.45) is 0.920. The molecule has 1 heterocycles. The fourth-order valence-corrected chi connectivity index (χ4v) is 3.85. The molecule has 0 aromatic heterocycles. The second-order valence-corrected chi connectivity index (χ2v) is 6.80. The summed E-state index contributed by atoms with van der Waals surface area (Å²) < 4.78 is 10.6. The molecule has 0 radical (unpaired) electrons. The van der Waals surface area contributed by atoms with Crippen molar-refractivity contribution in [2.45, 2.75) is 24.3 Å². The van der Waals surface area contributed by atoms with Crippen LogP contribution in [0.4, 0.5) is 5.69 Å². The number of carbonyl (C=O) groups excluding carboxylic acids is 1. The second-order valence-electron chi connectivity index (χ2n) is 5.75. The van der Waals surface area contributed by atoms with Crippen LogP contribution in [0.2, 0.25) is 0 Å². The number of para-hydroxylation sites is 1. The Morgan fingerprint density at radius 2 is 1.92 bits per heavy atom. The number of amides is 1. The predicted molar refractivity (Wildman–Crippen MR) is 97.4 cm³/mol. The molecule has 0 N–H and O–H groups in total. The van der Waals surface area contributed by atoms with Gasteiger partial charge in [-0.2, -0.15) is 0 Å². The molecule has 126 valence electrons. The van der Waals surface area contributed by atoms with E-state index in [4.69, 9.17) is 9.47 Å². The van der Waals surface area contributed by atoms with E-state index in [1.54, 1.807) is 14.2 Å². The zero-order valence-corrected chi connectivity index (χ0v) is 14.9. The normalized spacial score (nSPS) is 16.0. The molecule has 4 nitrogen and oxygen atoms in total. The standard InChI is InChI=1S/C19H21NO3S/c1-13-10-14-6-4-5-7-16(14)20(13)19(21)12-24-15-8-9-17(22-2)18(11-15)23-3/h4-9,11,13H,10,12H2,1-3H3/t13-/m0/s1. The van der Waals surface area contributed by atoms with Crippen LogP contribution in [0.25, 0.3) is 0 Å². The van der Waals surface area contributed by atoms with Crippen LogP contribution in [0.5, 0.6) is 11.5 Å². The monoisotopic (exact) mass is 343 g/mol. The van der Waals surface area contributed by atoms with E-state index in [9.17, 15) is 4.79 Å². The van der Waals surface area contributed by atoms with Crippen molar-refractivity contribution < 1.29 is 14.3 Å². The molecule has 1 aliphatic rings. The summed E-state index contributed by atoms with van der Waals surface area (Å²) in [6.45, 7) is 2.10. The quantitative estimate of drug-likeness (QED) is 0.775. The average Bonchev–Trinajstić information content (AvgIpc) is 2.95. The molecule has 0 saturated carbocycles. The van der Waals surface area contributed by atoms with E-state index in [1.807, 2.05) is 41.3 Å². The van der Waals surface area contributed by atoms with Crippen molar-refractivity contribution in [3.63, 3.8) is 0 Å². The Balaban J connectivity index is 1.70. The van der Waals surface area contributed by atoms with Gasteiger partial charge in [0.15, 0.2) is 11.5 Å². The number of hydrogen-bond donors (Lipinski definition) is 0. The first-order chi connectivity index (χ1) is 11.6. The summed E-state index contributed by atoms with van der Waals surface area (Å²) in [5.41, 5.74) is 2.29. The molecule has 0 fully saturated rings. The summed E-state index contributed by atoms with van der Waals surface area (Å²) in [5, 5.41) is 0. The van der Waals surface area contributed by atoms with Gasteiger partial charge < -0.3 is 14.4 Å². The summed E-state index contributed by atoms with van der Waals surface area (Å²) in [5.74, 6) is 1.89. The predicted octanol–water partition coefficient (Wildman–Crippen LogP) is 3.77. The van der Waals surface area contributed by atoms with Crippen LogP contribution < -0.4 is 14.4 Å². The Bertz CT molecular complexity index is 747. The summed E-state index contributed by atoms with van der Waals surface area (Å²) in [4.78, 5) is 15.6. The molecule has 1 amide bonds. The molecule has 0 spiro atoms. The maximum absolute atomic E-state index is 12.7. The summed E-state index contributed by atoms with van der Waals surface area (Å²) >= 11 is 1.51. The van der Waals surface area contributed by atoms with Gasteiger partial charge in [-0.3, -0.25) is 4.79 Å². The van der Waals surface area contributed by atoms with Gasteiger partial charge in [-0.05, 0) is 43.2 Å². The smallest absolute Gasteiger partial charge is 0.237 e. The first kappa shape index (κ1) is 16.7.